The fraction of sp³-hybridized carbons (Fsp3) is 0.485. The van der Waals surface area contributed by atoms with E-state index >= 15 is 0 Å². The summed E-state index contributed by atoms with van der Waals surface area (Å²) < 4.78 is 0. The maximum absolute atomic E-state index is 5.58. The van der Waals surface area contributed by atoms with E-state index in [9.17, 15) is 0 Å². The van der Waals surface area contributed by atoms with Crippen molar-refractivity contribution in [2.45, 2.75) is 81.1 Å². The molecule has 1 aromatic carbocycles. The minimum atomic E-state index is 0.455. The number of hydrogen-bond donors (Lipinski definition) is 3. The Morgan fingerprint density at radius 2 is 1.61 bits per heavy atom. The monoisotopic (exact) mass is 495 g/mol. The first-order valence-corrected chi connectivity index (χ1v) is 13.7. The number of allylic oxidation sites excluding steroid dienone is 5. The van der Waals surface area contributed by atoms with E-state index < -0.39 is 0 Å². The van der Waals surface area contributed by atoms with Crippen LogP contribution in [0.1, 0.15) is 80.2 Å². The first kappa shape index (κ1) is 38.1. The lowest BCUT2D eigenvalue weighted by Crippen LogP contribution is -2.07. The fourth-order valence-corrected chi connectivity index (χ4v) is 2.49. The highest BCUT2D eigenvalue weighted by Gasteiger charge is 1.92. The number of rotatable bonds is 8. The normalized spacial score (nSPS) is 12.7. The van der Waals surface area contributed by atoms with Gasteiger partial charge in [0.05, 0.1) is 0 Å². The van der Waals surface area contributed by atoms with Crippen molar-refractivity contribution in [2.24, 2.45) is 23.1 Å². The van der Waals surface area contributed by atoms with Gasteiger partial charge in [-0.1, -0.05) is 134 Å². The Kier molecular flexibility index (Phi) is 32.4. The zero-order valence-electron chi connectivity index (χ0n) is 24.7. The van der Waals surface area contributed by atoms with Gasteiger partial charge in [0.15, 0.2) is 0 Å². The summed E-state index contributed by atoms with van der Waals surface area (Å²) in [5, 5.41) is 0. The van der Waals surface area contributed by atoms with Gasteiger partial charge < -0.3 is 17.2 Å². The predicted octanol–water partition coefficient (Wildman–Crippen LogP) is 8.06. The molecule has 204 valence electrons. The number of aryl methyl sites for hydroxylation is 1. The Hall–Kier alpha value is -2.42. The molecule has 1 aromatic rings. The van der Waals surface area contributed by atoms with Gasteiger partial charge in [-0.25, -0.2) is 0 Å². The fourth-order valence-electron chi connectivity index (χ4n) is 2.49. The van der Waals surface area contributed by atoms with Crippen LogP contribution in [0.2, 0.25) is 0 Å². The third-order valence-corrected chi connectivity index (χ3v) is 4.61. The van der Waals surface area contributed by atoms with Gasteiger partial charge in [-0.15, -0.1) is 5.73 Å². The van der Waals surface area contributed by atoms with Crippen LogP contribution in [0.3, 0.4) is 0 Å². The van der Waals surface area contributed by atoms with E-state index in [0.717, 1.165) is 30.4 Å². The Morgan fingerprint density at radius 1 is 1.00 bits per heavy atom. The van der Waals surface area contributed by atoms with E-state index in [4.69, 9.17) is 17.2 Å². The second kappa shape index (κ2) is 30.6. The third-order valence-electron chi connectivity index (χ3n) is 4.61. The van der Waals surface area contributed by atoms with Gasteiger partial charge >= 0.3 is 0 Å². The van der Waals surface area contributed by atoms with Crippen molar-refractivity contribution in [3.63, 3.8) is 0 Å². The SMILES string of the molecule is CC.CC1=C=CC(CN)=CC=C1.CCC.CCC/C(=C\C=C/C(C)CN)CN.CCc1ccccc1. The van der Waals surface area contributed by atoms with Crippen molar-refractivity contribution in [2.75, 3.05) is 19.6 Å². The lowest BCUT2D eigenvalue weighted by Gasteiger charge is -2.01. The molecule has 0 amide bonds. The molecule has 0 saturated heterocycles. The largest absolute Gasteiger partial charge is 0.330 e. The summed E-state index contributed by atoms with van der Waals surface area (Å²) in [4.78, 5) is 0. The third kappa shape index (κ3) is 26.2. The molecule has 0 bridgehead atoms. The first-order valence-electron chi connectivity index (χ1n) is 13.7. The smallest absolute Gasteiger partial charge is 0.0184 e. The number of hydrogen-bond acceptors (Lipinski definition) is 3. The zero-order valence-corrected chi connectivity index (χ0v) is 24.7. The molecule has 0 saturated carbocycles. The Morgan fingerprint density at radius 3 is 2.06 bits per heavy atom. The molecular weight excluding hydrogens is 438 g/mol. The molecule has 6 N–H and O–H groups in total. The van der Waals surface area contributed by atoms with Crippen molar-refractivity contribution < 1.29 is 0 Å². The van der Waals surface area contributed by atoms with Crippen molar-refractivity contribution in [3.05, 3.63) is 101 Å². The molecule has 36 heavy (non-hydrogen) atoms. The van der Waals surface area contributed by atoms with Crippen molar-refractivity contribution in [1.29, 1.82) is 0 Å². The Bertz CT molecular complexity index is 776. The number of nitrogens with two attached hydrogens (primary N) is 3. The molecule has 1 unspecified atom stereocenters. The summed E-state index contributed by atoms with van der Waals surface area (Å²) in [6, 6.07) is 10.5. The lowest BCUT2D eigenvalue weighted by molar-refractivity contribution is 0.740. The predicted molar refractivity (Wildman–Crippen MR) is 166 cm³/mol. The minimum Gasteiger partial charge on any atom is -0.330 e. The zero-order chi connectivity index (χ0) is 28.0. The standard InChI is InChI=1S/C11H22N2.C9H11N.C8H10.C3H8.C2H6/c1-3-5-11(9-13)7-4-6-10(2)8-12;1-8-3-2-4-9(7-10)6-5-8;1-2-8-6-4-3-5-7-8;1-3-2;1-2/h4,6-7,10H,3,5,8-9,12-13H2,1-2H3;2-4,6H,7,10H2,1H3;3-7H,2H2,1H3;3H2,1-2H3;1-2H3/b6-4-,11-7+;;;;. The van der Waals surface area contributed by atoms with Gasteiger partial charge in [0.2, 0.25) is 0 Å². The van der Waals surface area contributed by atoms with Crippen LogP contribution in [-0.4, -0.2) is 19.6 Å². The van der Waals surface area contributed by atoms with Crippen molar-refractivity contribution in [3.8, 4) is 0 Å². The van der Waals surface area contributed by atoms with Gasteiger partial charge in [0.25, 0.3) is 0 Å². The molecule has 3 heteroatoms. The first-order chi connectivity index (χ1) is 17.4. The quantitative estimate of drug-likeness (QED) is 0.252. The average Bonchev–Trinajstić information content (AvgIpc) is 3.14. The van der Waals surface area contributed by atoms with Crippen LogP contribution >= 0.6 is 0 Å². The molecule has 2 rings (SSSR count). The van der Waals surface area contributed by atoms with Gasteiger partial charge in [-0.2, -0.15) is 0 Å². The number of benzene rings is 1. The van der Waals surface area contributed by atoms with Crippen LogP contribution in [0, 0.1) is 5.92 Å². The van der Waals surface area contributed by atoms with Crippen molar-refractivity contribution >= 4 is 0 Å². The second-order valence-corrected chi connectivity index (χ2v) is 8.20. The van der Waals surface area contributed by atoms with Crippen LogP contribution in [0.4, 0.5) is 0 Å². The molecule has 1 aliphatic rings. The summed E-state index contributed by atoms with van der Waals surface area (Å²) in [5.74, 6) is 0.455. The molecule has 1 aliphatic carbocycles. The van der Waals surface area contributed by atoms with E-state index in [-0.39, 0.29) is 0 Å². The summed E-state index contributed by atoms with van der Waals surface area (Å²) in [5.41, 5.74) is 24.6. The summed E-state index contributed by atoms with van der Waals surface area (Å²) in [6.45, 7) is 18.6. The molecule has 0 aromatic heterocycles. The maximum atomic E-state index is 5.58. The van der Waals surface area contributed by atoms with E-state index in [0.29, 0.717) is 25.6 Å². The minimum absolute atomic E-state index is 0.455. The van der Waals surface area contributed by atoms with E-state index in [1.807, 2.05) is 51.1 Å². The highest BCUT2D eigenvalue weighted by molar-refractivity contribution is 5.33. The highest BCUT2D eigenvalue weighted by atomic mass is 14.5. The van der Waals surface area contributed by atoms with E-state index in [1.165, 1.54) is 17.6 Å². The van der Waals surface area contributed by atoms with Crippen LogP contribution in [-0.2, 0) is 6.42 Å². The summed E-state index contributed by atoms with van der Waals surface area (Å²) >= 11 is 0. The van der Waals surface area contributed by atoms with Crippen LogP contribution in [0.5, 0.6) is 0 Å². The molecule has 0 aliphatic heterocycles. The van der Waals surface area contributed by atoms with Gasteiger partial charge in [-0.3, -0.25) is 0 Å². The van der Waals surface area contributed by atoms with Crippen molar-refractivity contribution in [1.82, 2.24) is 0 Å². The highest BCUT2D eigenvalue weighted by Crippen LogP contribution is 2.04. The van der Waals surface area contributed by atoms with Crippen LogP contribution < -0.4 is 17.2 Å². The Labute approximate surface area is 224 Å². The molecule has 3 nitrogen and oxygen atoms in total. The topological polar surface area (TPSA) is 78.1 Å². The van der Waals surface area contributed by atoms with E-state index in [2.05, 4.69) is 82.8 Å². The molecule has 0 heterocycles. The van der Waals surface area contributed by atoms with Crippen LogP contribution in [0.15, 0.2) is 95.3 Å². The summed E-state index contributed by atoms with van der Waals surface area (Å²) in [6.07, 6.45) is 18.9. The molecule has 0 fully saturated rings. The van der Waals surface area contributed by atoms with Gasteiger partial charge in [-0.05, 0) is 55.0 Å². The van der Waals surface area contributed by atoms with Gasteiger partial charge in [0, 0.05) is 13.1 Å². The molecule has 0 spiro atoms. The second-order valence-electron chi connectivity index (χ2n) is 8.20. The summed E-state index contributed by atoms with van der Waals surface area (Å²) in [7, 11) is 0. The van der Waals surface area contributed by atoms with Gasteiger partial charge in [0.1, 0.15) is 0 Å². The molecule has 0 radical (unpaired) electrons. The molecular formula is C33H57N3. The Balaban J connectivity index is -0.000000423. The van der Waals surface area contributed by atoms with E-state index in [1.54, 1.807) is 0 Å². The average molecular weight is 496 g/mol. The lowest BCUT2D eigenvalue weighted by atomic mass is 10.1. The van der Waals surface area contributed by atoms with Crippen LogP contribution in [0.25, 0.3) is 0 Å². The maximum Gasteiger partial charge on any atom is 0.0184 e. The molecule has 1 atom stereocenters.